The number of carbonyl (C=O) groups is 3. The lowest BCUT2D eigenvalue weighted by Gasteiger charge is -2.08. The van der Waals surface area contributed by atoms with E-state index < -0.39 is 24.5 Å². The molecule has 26 heavy (non-hydrogen) atoms. The number of nitrogens with one attached hydrogen (secondary N) is 1. The summed E-state index contributed by atoms with van der Waals surface area (Å²) >= 11 is 7.17. The molecule has 0 unspecified atom stereocenters. The number of aromatic nitrogens is 1. The number of nitrogens with zero attached hydrogens (tertiary/aromatic N) is 1. The molecule has 1 aliphatic rings. The topological polar surface area (TPSA) is 94.6 Å². The number of carbonyl (C=O) groups excluding carboxylic acids is 3. The number of fused-ring (bicyclic) bond motifs is 1. The van der Waals surface area contributed by atoms with Crippen LogP contribution in [0.5, 0.6) is 0 Å². The van der Waals surface area contributed by atoms with Crippen molar-refractivity contribution in [1.82, 2.24) is 4.98 Å². The molecule has 3 rings (SSSR count). The van der Waals surface area contributed by atoms with Gasteiger partial charge in [-0.1, -0.05) is 11.6 Å². The maximum atomic E-state index is 12.1. The van der Waals surface area contributed by atoms with E-state index in [9.17, 15) is 14.4 Å². The molecule has 0 aromatic carbocycles. The second kappa shape index (κ2) is 7.84. The summed E-state index contributed by atoms with van der Waals surface area (Å²) in [6.07, 6.45) is 4.06. The normalized spacial score (nSPS) is 12.4. The third-order valence-corrected chi connectivity index (χ3v) is 5.39. The van der Waals surface area contributed by atoms with E-state index >= 15 is 0 Å². The molecule has 0 saturated carbocycles. The van der Waals surface area contributed by atoms with E-state index in [1.807, 2.05) is 0 Å². The third kappa shape index (κ3) is 3.71. The minimum absolute atomic E-state index is 0.000526. The first-order chi connectivity index (χ1) is 12.5. The molecule has 1 aliphatic carbocycles. The van der Waals surface area contributed by atoms with Crippen molar-refractivity contribution in [3.05, 3.63) is 45.1 Å². The van der Waals surface area contributed by atoms with Crippen LogP contribution in [-0.4, -0.2) is 36.5 Å². The minimum Gasteiger partial charge on any atom is -0.465 e. The number of aryl methyl sites for hydroxylation is 1. The van der Waals surface area contributed by atoms with E-state index in [0.29, 0.717) is 10.6 Å². The number of esters is 2. The van der Waals surface area contributed by atoms with Gasteiger partial charge in [-0.25, -0.2) is 14.6 Å². The van der Waals surface area contributed by atoms with Gasteiger partial charge in [0.25, 0.3) is 5.91 Å². The quantitative estimate of drug-likeness (QED) is 0.619. The Hall–Kier alpha value is -2.45. The Kier molecular flexibility index (Phi) is 5.53. The van der Waals surface area contributed by atoms with Gasteiger partial charge in [-0.15, -0.1) is 11.3 Å². The molecule has 0 saturated heterocycles. The number of methoxy groups -OCH3 is 1. The molecule has 7 nitrogen and oxygen atoms in total. The highest BCUT2D eigenvalue weighted by Crippen LogP contribution is 2.39. The number of thiophene rings is 1. The predicted molar refractivity (Wildman–Crippen MR) is 95.8 cm³/mol. The summed E-state index contributed by atoms with van der Waals surface area (Å²) in [7, 11) is 1.30. The van der Waals surface area contributed by atoms with Crippen LogP contribution < -0.4 is 5.32 Å². The summed E-state index contributed by atoms with van der Waals surface area (Å²) < 4.78 is 9.78. The average molecular weight is 395 g/mol. The van der Waals surface area contributed by atoms with Crippen LogP contribution in [-0.2, 0) is 27.1 Å². The number of rotatable bonds is 5. The Morgan fingerprint density at radius 2 is 2.12 bits per heavy atom. The molecular weight excluding hydrogens is 380 g/mol. The van der Waals surface area contributed by atoms with Crippen LogP contribution in [0, 0.1) is 0 Å². The van der Waals surface area contributed by atoms with Crippen LogP contribution in [0.15, 0.2) is 18.3 Å². The van der Waals surface area contributed by atoms with Gasteiger partial charge in [0.05, 0.1) is 18.2 Å². The molecule has 0 bridgehead atoms. The Morgan fingerprint density at radius 1 is 1.31 bits per heavy atom. The lowest BCUT2D eigenvalue weighted by molar-refractivity contribution is -0.119. The Bertz CT molecular complexity index is 880. The zero-order chi connectivity index (χ0) is 18.7. The maximum absolute atomic E-state index is 12.1. The monoisotopic (exact) mass is 394 g/mol. The first kappa shape index (κ1) is 18.3. The van der Waals surface area contributed by atoms with E-state index in [1.165, 1.54) is 30.7 Å². The van der Waals surface area contributed by atoms with Crippen molar-refractivity contribution < 1.29 is 23.9 Å². The second-order valence-electron chi connectivity index (χ2n) is 5.52. The smallest absolute Gasteiger partial charge is 0.341 e. The number of ether oxygens (including phenoxy) is 2. The fourth-order valence-corrected chi connectivity index (χ4v) is 4.21. The average Bonchev–Trinajstić information content (AvgIpc) is 3.20. The fraction of sp³-hybridized carbons (Fsp3) is 0.294. The molecule has 0 radical (unpaired) electrons. The number of hydrogen-bond donors (Lipinski definition) is 1. The number of amides is 1. The zero-order valence-electron chi connectivity index (χ0n) is 13.8. The standard InChI is InChI=1S/C17H15ClN2O5S/c1-24-17(23)13-9-4-2-6-11(9)26-15(13)20-12(21)8-25-16(22)10-5-3-7-19-14(10)18/h3,5,7H,2,4,6,8H2,1H3,(H,20,21). The zero-order valence-corrected chi connectivity index (χ0v) is 15.4. The van der Waals surface area contributed by atoms with Crippen LogP contribution >= 0.6 is 22.9 Å². The minimum atomic E-state index is -0.750. The van der Waals surface area contributed by atoms with Gasteiger partial charge >= 0.3 is 11.9 Å². The second-order valence-corrected chi connectivity index (χ2v) is 6.98. The Labute approximate surface area is 158 Å². The van der Waals surface area contributed by atoms with Gasteiger partial charge < -0.3 is 14.8 Å². The van der Waals surface area contributed by atoms with Crippen molar-refractivity contribution in [2.45, 2.75) is 19.3 Å². The molecule has 2 aromatic heterocycles. The van der Waals surface area contributed by atoms with Crippen LogP contribution in [0.1, 0.15) is 37.6 Å². The van der Waals surface area contributed by atoms with Crippen LogP contribution in [0.2, 0.25) is 5.15 Å². The summed E-state index contributed by atoms with van der Waals surface area (Å²) in [6.45, 7) is -0.507. The molecular formula is C17H15ClN2O5S. The number of hydrogen-bond acceptors (Lipinski definition) is 7. The molecule has 2 heterocycles. The molecule has 9 heteroatoms. The van der Waals surface area contributed by atoms with Gasteiger partial charge in [0.2, 0.25) is 0 Å². The van der Waals surface area contributed by atoms with Gasteiger partial charge in [-0.05, 0) is 37.0 Å². The van der Waals surface area contributed by atoms with Crippen molar-refractivity contribution in [2.75, 3.05) is 19.0 Å². The fourth-order valence-electron chi connectivity index (χ4n) is 2.72. The van der Waals surface area contributed by atoms with Gasteiger partial charge in [0, 0.05) is 11.1 Å². The SMILES string of the molecule is COC(=O)c1c(NC(=O)COC(=O)c2cccnc2Cl)sc2c1CCC2. The highest BCUT2D eigenvalue weighted by Gasteiger charge is 2.28. The van der Waals surface area contributed by atoms with Gasteiger partial charge in [0.15, 0.2) is 6.61 Å². The van der Waals surface area contributed by atoms with Gasteiger partial charge in [0.1, 0.15) is 10.2 Å². The van der Waals surface area contributed by atoms with Gasteiger partial charge in [-0.2, -0.15) is 0 Å². The molecule has 2 aromatic rings. The van der Waals surface area contributed by atoms with Crippen LogP contribution in [0.25, 0.3) is 0 Å². The maximum Gasteiger partial charge on any atom is 0.341 e. The van der Waals surface area contributed by atoms with Crippen molar-refractivity contribution in [1.29, 1.82) is 0 Å². The molecule has 0 spiro atoms. The Balaban J connectivity index is 1.67. The van der Waals surface area contributed by atoms with Crippen LogP contribution in [0.4, 0.5) is 5.00 Å². The Morgan fingerprint density at radius 3 is 2.85 bits per heavy atom. The van der Waals surface area contributed by atoms with E-state index in [0.717, 1.165) is 29.7 Å². The van der Waals surface area contributed by atoms with E-state index in [-0.39, 0.29) is 10.7 Å². The van der Waals surface area contributed by atoms with E-state index in [4.69, 9.17) is 21.1 Å². The highest BCUT2D eigenvalue weighted by atomic mass is 35.5. The van der Waals surface area contributed by atoms with Crippen molar-refractivity contribution >= 4 is 45.8 Å². The first-order valence-corrected chi connectivity index (χ1v) is 9.01. The molecule has 0 aliphatic heterocycles. The molecule has 136 valence electrons. The van der Waals surface area contributed by atoms with Gasteiger partial charge in [-0.3, -0.25) is 4.79 Å². The lowest BCUT2D eigenvalue weighted by Crippen LogP contribution is -2.22. The van der Waals surface area contributed by atoms with Crippen LogP contribution in [0.3, 0.4) is 0 Å². The highest BCUT2D eigenvalue weighted by molar-refractivity contribution is 7.17. The predicted octanol–water partition coefficient (Wildman–Crippen LogP) is 2.87. The summed E-state index contributed by atoms with van der Waals surface area (Å²) in [4.78, 5) is 41.0. The number of pyridine rings is 1. The third-order valence-electron chi connectivity index (χ3n) is 3.88. The molecule has 1 N–H and O–H groups in total. The summed E-state index contributed by atoms with van der Waals surface area (Å²) in [6, 6.07) is 2.99. The van der Waals surface area contributed by atoms with Crippen molar-refractivity contribution in [2.24, 2.45) is 0 Å². The first-order valence-electron chi connectivity index (χ1n) is 7.81. The van der Waals surface area contributed by atoms with E-state index in [2.05, 4.69) is 10.3 Å². The van der Waals surface area contributed by atoms with E-state index in [1.54, 1.807) is 6.07 Å². The molecule has 1 amide bonds. The lowest BCUT2D eigenvalue weighted by atomic mass is 10.1. The largest absolute Gasteiger partial charge is 0.465 e. The van der Waals surface area contributed by atoms with Crippen molar-refractivity contribution in [3.63, 3.8) is 0 Å². The summed E-state index contributed by atoms with van der Waals surface area (Å²) in [5.41, 5.74) is 1.39. The summed E-state index contributed by atoms with van der Waals surface area (Å²) in [5.74, 6) is -1.79. The number of halogens is 1. The molecule has 0 fully saturated rings. The molecule has 0 atom stereocenters. The number of anilines is 1. The summed E-state index contributed by atoms with van der Waals surface area (Å²) in [5, 5.41) is 3.05. The van der Waals surface area contributed by atoms with Crippen molar-refractivity contribution in [3.8, 4) is 0 Å².